The Morgan fingerprint density at radius 1 is 1.90 bits per heavy atom. The van der Waals surface area contributed by atoms with Gasteiger partial charge >= 0.3 is 0 Å². The Morgan fingerprint density at radius 2 is 2.70 bits per heavy atom. The predicted molar refractivity (Wildman–Crippen MR) is 51.3 cm³/mol. The molecule has 3 heteroatoms. The molecule has 0 spiro atoms. The first-order chi connectivity index (χ1) is 5.90. The van der Waals surface area contributed by atoms with Gasteiger partial charge in [-0.15, -0.1) is 0 Å². The summed E-state index contributed by atoms with van der Waals surface area (Å²) in [5.41, 5.74) is 0.438. The molecule has 0 aliphatic heterocycles. The van der Waals surface area contributed by atoms with Crippen LogP contribution in [0.15, 0.2) is 12.3 Å². The van der Waals surface area contributed by atoms with Crippen molar-refractivity contribution >= 4 is 34.2 Å². The molecule has 0 aromatic carbocycles. The highest BCUT2D eigenvalue weighted by Gasteiger charge is 2.01. The monoisotopic (exact) mass is 270 g/mol. The average molecular weight is 271 g/mol. The smallest absolute Gasteiger partial charge is 0.0754 e. The summed E-state index contributed by atoms with van der Waals surface area (Å²) in [7, 11) is 0. The first kappa shape index (κ1) is 4.93. The number of hydrogen-bond acceptors (Lipinski definition) is 1. The van der Waals surface area contributed by atoms with E-state index in [1.54, 1.807) is 12.3 Å². The van der Waals surface area contributed by atoms with Crippen molar-refractivity contribution in [2.45, 2.75) is 13.3 Å². The molecule has 1 aromatic rings. The third-order valence-corrected chi connectivity index (χ3v) is 2.72. The number of hydrogen-bond donors (Lipinski definition) is 0. The average Bonchev–Trinajstić information content (AvgIpc) is 1.96. The molecule has 0 fully saturated rings. The lowest BCUT2D eigenvalue weighted by Gasteiger charge is -1.99. The van der Waals surface area contributed by atoms with Gasteiger partial charge in [-0.25, -0.2) is 0 Å². The third-order valence-electron chi connectivity index (χ3n) is 1.08. The molecule has 0 unspecified atom stereocenters. The van der Waals surface area contributed by atoms with Crippen LogP contribution in [-0.4, -0.2) is 4.98 Å². The van der Waals surface area contributed by atoms with E-state index >= 15 is 0 Å². The van der Waals surface area contributed by atoms with Crippen LogP contribution in [0.3, 0.4) is 0 Å². The van der Waals surface area contributed by atoms with Crippen LogP contribution in [0.1, 0.15) is 16.7 Å². The summed E-state index contributed by atoms with van der Waals surface area (Å²) in [5.74, 6) is 0. The topological polar surface area (TPSA) is 12.9 Å². The summed E-state index contributed by atoms with van der Waals surface area (Å²) in [5, 5.41) is 0.444. The molecule has 0 atom stereocenters. The Bertz CT molecular complexity index is 313. The second-order valence-electron chi connectivity index (χ2n) is 1.73. The highest BCUT2D eigenvalue weighted by molar-refractivity contribution is 14.1. The van der Waals surface area contributed by atoms with Crippen molar-refractivity contribution in [2.24, 2.45) is 0 Å². The number of nitrogens with zero attached hydrogens (tertiary/aromatic N) is 1. The minimum absolute atomic E-state index is 0.0807. The minimum Gasteiger partial charge on any atom is -0.260 e. The molecule has 1 rings (SSSR count). The van der Waals surface area contributed by atoms with Crippen LogP contribution in [0.5, 0.6) is 0 Å². The normalized spacial score (nSPS) is 15.6. The van der Waals surface area contributed by atoms with Crippen molar-refractivity contribution < 1.29 is 4.11 Å². The van der Waals surface area contributed by atoms with Gasteiger partial charge in [-0.3, -0.25) is 4.98 Å². The number of aromatic nitrogens is 1. The maximum atomic E-state index is 7.07. The molecular weight excluding hydrogens is 260 g/mol. The predicted octanol–water partition coefficient (Wildman–Crippen LogP) is 2.90. The van der Waals surface area contributed by atoms with Crippen molar-refractivity contribution in [3.63, 3.8) is 0 Å². The number of pyridine rings is 1. The van der Waals surface area contributed by atoms with Crippen LogP contribution in [-0.2, 0) is 6.42 Å². The zero-order chi connectivity index (χ0) is 10.1. The van der Waals surface area contributed by atoms with Crippen molar-refractivity contribution in [3.05, 3.63) is 26.5 Å². The molecule has 0 bridgehead atoms. The molecule has 0 aliphatic carbocycles. The summed E-state index contributed by atoms with van der Waals surface area (Å²) in [4.78, 5) is 3.93. The molecule has 0 aliphatic rings. The van der Waals surface area contributed by atoms with Gasteiger partial charge in [-0.2, -0.15) is 0 Å². The zero-order valence-electron chi connectivity index (χ0n) is 8.06. The summed E-state index contributed by atoms with van der Waals surface area (Å²) in [6.07, 6.45) is 1.48. The minimum atomic E-state index is -2.01. The Hall–Kier alpha value is 0.170. The van der Waals surface area contributed by atoms with Crippen LogP contribution >= 0.6 is 34.2 Å². The van der Waals surface area contributed by atoms with Gasteiger partial charge < -0.3 is 0 Å². The summed E-state index contributed by atoms with van der Waals surface area (Å²) < 4.78 is 22.0. The van der Waals surface area contributed by atoms with Gasteiger partial charge in [-0.05, 0) is 35.1 Å². The molecular formula is C7H7ClIN. The van der Waals surface area contributed by atoms with E-state index in [1.807, 2.05) is 22.6 Å². The third kappa shape index (κ3) is 1.61. The van der Waals surface area contributed by atoms with Gasteiger partial charge in [-0.1, -0.05) is 18.5 Å². The van der Waals surface area contributed by atoms with Gasteiger partial charge in [0.05, 0.1) is 10.7 Å². The Labute approximate surface area is 83.2 Å². The van der Waals surface area contributed by atoms with Crippen LogP contribution in [0.4, 0.5) is 0 Å². The molecule has 0 N–H and O–H groups in total. The Kier molecular flexibility index (Phi) is 1.74. The van der Waals surface area contributed by atoms with Gasteiger partial charge in [0.15, 0.2) is 0 Å². The quantitative estimate of drug-likeness (QED) is 0.715. The highest BCUT2D eigenvalue weighted by atomic mass is 127. The lowest BCUT2D eigenvalue weighted by atomic mass is 10.3. The maximum Gasteiger partial charge on any atom is 0.0754 e. The molecule has 10 heavy (non-hydrogen) atoms. The van der Waals surface area contributed by atoms with Crippen LogP contribution in [0.25, 0.3) is 0 Å². The molecule has 0 saturated carbocycles. The largest absolute Gasteiger partial charge is 0.260 e. The maximum absolute atomic E-state index is 7.07. The van der Waals surface area contributed by atoms with Crippen molar-refractivity contribution in [1.82, 2.24) is 4.98 Å². The van der Waals surface area contributed by atoms with E-state index < -0.39 is 6.85 Å². The first-order valence-corrected chi connectivity index (χ1v) is 4.15. The van der Waals surface area contributed by atoms with E-state index in [-0.39, 0.29) is 6.42 Å². The first-order valence-electron chi connectivity index (χ1n) is 4.19. The van der Waals surface area contributed by atoms with E-state index in [9.17, 15) is 0 Å². The SMILES string of the molecule is [2H]C([2H])([2H])Cc1nccc(I)c1Cl. The molecule has 0 saturated heterocycles. The molecule has 54 valence electrons. The van der Waals surface area contributed by atoms with E-state index in [1.165, 1.54) is 0 Å². The fourth-order valence-corrected chi connectivity index (χ4v) is 1.23. The van der Waals surface area contributed by atoms with E-state index in [0.717, 1.165) is 3.57 Å². The van der Waals surface area contributed by atoms with Crippen molar-refractivity contribution in [2.75, 3.05) is 0 Å². The lowest BCUT2D eigenvalue weighted by molar-refractivity contribution is 1.03. The summed E-state index contributed by atoms with van der Waals surface area (Å²) >= 11 is 7.93. The second kappa shape index (κ2) is 3.53. The van der Waals surface area contributed by atoms with Gasteiger partial charge in [0.25, 0.3) is 0 Å². The van der Waals surface area contributed by atoms with E-state index in [4.69, 9.17) is 15.7 Å². The lowest BCUT2D eigenvalue weighted by Crippen LogP contribution is -1.89. The fraction of sp³-hybridized carbons (Fsp3) is 0.286. The highest BCUT2D eigenvalue weighted by Crippen LogP contribution is 2.20. The van der Waals surface area contributed by atoms with Crippen LogP contribution in [0, 0.1) is 3.57 Å². The fourth-order valence-electron chi connectivity index (χ4n) is 0.584. The Morgan fingerprint density at radius 3 is 3.40 bits per heavy atom. The van der Waals surface area contributed by atoms with Gasteiger partial charge in [0.2, 0.25) is 0 Å². The molecule has 0 radical (unpaired) electrons. The zero-order valence-corrected chi connectivity index (χ0v) is 7.98. The second-order valence-corrected chi connectivity index (χ2v) is 3.27. The van der Waals surface area contributed by atoms with Crippen LogP contribution < -0.4 is 0 Å². The standard InChI is InChI=1S/C7H7ClIN/c1-2-6-7(8)5(9)3-4-10-6/h3-4H,2H2,1H3/i1D3. The molecule has 1 aromatic heterocycles. The molecule has 1 nitrogen and oxygen atoms in total. The number of halogens is 2. The summed E-state index contributed by atoms with van der Waals surface area (Å²) in [6.45, 7) is -2.01. The molecule has 1 heterocycles. The number of rotatable bonds is 1. The van der Waals surface area contributed by atoms with Crippen molar-refractivity contribution in [1.29, 1.82) is 0 Å². The molecule has 0 amide bonds. The van der Waals surface area contributed by atoms with Gasteiger partial charge in [0.1, 0.15) is 0 Å². The van der Waals surface area contributed by atoms with Crippen molar-refractivity contribution in [3.8, 4) is 0 Å². The van der Waals surface area contributed by atoms with E-state index in [2.05, 4.69) is 4.98 Å². The number of aryl methyl sites for hydroxylation is 1. The van der Waals surface area contributed by atoms with E-state index in [0.29, 0.717) is 10.7 Å². The summed E-state index contributed by atoms with van der Waals surface area (Å²) in [6, 6.07) is 1.74. The van der Waals surface area contributed by atoms with Crippen LogP contribution in [0.2, 0.25) is 5.02 Å². The van der Waals surface area contributed by atoms with Gasteiger partial charge in [0, 0.05) is 13.9 Å². The Balaban J connectivity index is 2.96.